The Balaban J connectivity index is 1.83. The zero-order chi connectivity index (χ0) is 9.97. The van der Waals surface area contributed by atoms with Crippen molar-refractivity contribution in [3.05, 3.63) is 11.7 Å². The third-order valence-corrected chi connectivity index (χ3v) is 2.17. The van der Waals surface area contributed by atoms with Crippen LogP contribution in [-0.4, -0.2) is 29.3 Å². The average molecular weight is 197 g/mol. The zero-order valence-corrected chi connectivity index (χ0v) is 8.49. The summed E-state index contributed by atoms with van der Waals surface area (Å²) in [5, 5.41) is 6.97. The maximum atomic E-state index is 5.51. The lowest BCUT2D eigenvalue weighted by Crippen LogP contribution is -2.48. The Kier molecular flexibility index (Phi) is 2.79. The zero-order valence-electron chi connectivity index (χ0n) is 8.49. The number of nitrogens with zero attached hydrogens (tertiary/aromatic N) is 2. The number of aromatic nitrogens is 2. The van der Waals surface area contributed by atoms with Crippen molar-refractivity contribution in [3.8, 4) is 0 Å². The van der Waals surface area contributed by atoms with Crippen molar-refractivity contribution in [1.82, 2.24) is 15.5 Å². The van der Waals surface area contributed by atoms with Gasteiger partial charge in [0.05, 0.1) is 6.10 Å². The maximum absolute atomic E-state index is 5.51. The van der Waals surface area contributed by atoms with Crippen LogP contribution in [0.5, 0.6) is 0 Å². The summed E-state index contributed by atoms with van der Waals surface area (Å²) >= 11 is 0. The van der Waals surface area contributed by atoms with Gasteiger partial charge in [-0.2, -0.15) is 4.98 Å². The molecule has 78 valence electrons. The van der Waals surface area contributed by atoms with Gasteiger partial charge in [0.25, 0.3) is 0 Å². The molecule has 1 aromatic rings. The van der Waals surface area contributed by atoms with Gasteiger partial charge in [0.15, 0.2) is 5.82 Å². The van der Waals surface area contributed by atoms with Crippen LogP contribution in [0, 0.1) is 0 Å². The molecule has 1 saturated heterocycles. The SMILES string of the molecule is CC(C)c1nc(COC2CNC2)no1. The first kappa shape index (κ1) is 9.61. The van der Waals surface area contributed by atoms with Gasteiger partial charge < -0.3 is 14.6 Å². The lowest BCUT2D eigenvalue weighted by atomic mass is 10.2. The summed E-state index contributed by atoms with van der Waals surface area (Å²) < 4.78 is 10.6. The van der Waals surface area contributed by atoms with Crippen LogP contribution < -0.4 is 5.32 Å². The van der Waals surface area contributed by atoms with E-state index in [1.54, 1.807) is 0 Å². The first-order chi connectivity index (χ1) is 6.75. The average Bonchev–Trinajstić information content (AvgIpc) is 2.50. The highest BCUT2D eigenvalue weighted by molar-refractivity contribution is 4.89. The standard InChI is InChI=1S/C9H15N3O2/c1-6(2)9-11-8(12-14-9)5-13-7-3-10-4-7/h6-7,10H,3-5H2,1-2H3. The van der Waals surface area contributed by atoms with Gasteiger partial charge >= 0.3 is 0 Å². The predicted molar refractivity (Wildman–Crippen MR) is 49.8 cm³/mol. The third-order valence-electron chi connectivity index (χ3n) is 2.17. The van der Waals surface area contributed by atoms with E-state index in [0.717, 1.165) is 13.1 Å². The largest absolute Gasteiger partial charge is 0.367 e. The predicted octanol–water partition coefficient (Wildman–Crippen LogP) is 0.681. The first-order valence-corrected chi connectivity index (χ1v) is 4.90. The van der Waals surface area contributed by atoms with Crippen LogP contribution in [0.15, 0.2) is 4.52 Å². The van der Waals surface area contributed by atoms with Gasteiger partial charge in [-0.15, -0.1) is 0 Å². The quantitative estimate of drug-likeness (QED) is 0.769. The molecule has 2 heterocycles. The minimum Gasteiger partial charge on any atom is -0.367 e. The molecule has 0 bridgehead atoms. The summed E-state index contributed by atoms with van der Waals surface area (Å²) in [7, 11) is 0. The van der Waals surface area contributed by atoms with Crippen molar-refractivity contribution in [1.29, 1.82) is 0 Å². The van der Waals surface area contributed by atoms with Crippen LogP contribution in [0.2, 0.25) is 0 Å². The maximum Gasteiger partial charge on any atom is 0.229 e. The molecule has 1 aliphatic heterocycles. The van der Waals surface area contributed by atoms with E-state index in [2.05, 4.69) is 15.5 Å². The minimum absolute atomic E-state index is 0.279. The van der Waals surface area contributed by atoms with Crippen LogP contribution in [0.1, 0.15) is 31.5 Å². The molecular weight excluding hydrogens is 182 g/mol. The number of hydrogen-bond acceptors (Lipinski definition) is 5. The van der Waals surface area contributed by atoms with Crippen LogP contribution in [0.25, 0.3) is 0 Å². The highest BCUT2D eigenvalue weighted by Gasteiger charge is 2.18. The molecule has 0 radical (unpaired) electrons. The molecule has 14 heavy (non-hydrogen) atoms. The second-order valence-corrected chi connectivity index (χ2v) is 3.79. The summed E-state index contributed by atoms with van der Waals surface area (Å²) in [5.41, 5.74) is 0. The Morgan fingerprint density at radius 1 is 1.57 bits per heavy atom. The van der Waals surface area contributed by atoms with Crippen LogP contribution in [0.4, 0.5) is 0 Å². The van der Waals surface area contributed by atoms with E-state index >= 15 is 0 Å². The molecule has 1 aromatic heterocycles. The molecule has 0 spiro atoms. The van der Waals surface area contributed by atoms with Crippen molar-refractivity contribution < 1.29 is 9.26 Å². The molecule has 1 fully saturated rings. The van der Waals surface area contributed by atoms with Gasteiger partial charge in [-0.25, -0.2) is 0 Å². The van der Waals surface area contributed by atoms with E-state index in [9.17, 15) is 0 Å². The van der Waals surface area contributed by atoms with Gasteiger partial charge in [-0.3, -0.25) is 0 Å². The summed E-state index contributed by atoms with van der Waals surface area (Å²) in [5.74, 6) is 1.59. The molecule has 0 amide bonds. The fraction of sp³-hybridized carbons (Fsp3) is 0.778. The van der Waals surface area contributed by atoms with E-state index in [4.69, 9.17) is 9.26 Å². The number of ether oxygens (including phenoxy) is 1. The van der Waals surface area contributed by atoms with E-state index in [-0.39, 0.29) is 5.92 Å². The first-order valence-electron chi connectivity index (χ1n) is 4.90. The Bertz CT molecular complexity index is 294. The molecule has 0 saturated carbocycles. The van der Waals surface area contributed by atoms with Gasteiger partial charge in [0.1, 0.15) is 6.61 Å². The van der Waals surface area contributed by atoms with Crippen molar-refractivity contribution in [2.75, 3.05) is 13.1 Å². The van der Waals surface area contributed by atoms with Crippen molar-refractivity contribution in [2.45, 2.75) is 32.5 Å². The van der Waals surface area contributed by atoms with Crippen molar-refractivity contribution in [3.63, 3.8) is 0 Å². The molecule has 0 aromatic carbocycles. The Morgan fingerprint density at radius 2 is 2.36 bits per heavy atom. The fourth-order valence-corrected chi connectivity index (χ4v) is 1.13. The van der Waals surface area contributed by atoms with E-state index in [1.165, 1.54) is 0 Å². The van der Waals surface area contributed by atoms with Gasteiger partial charge in [0, 0.05) is 19.0 Å². The second kappa shape index (κ2) is 4.06. The summed E-state index contributed by atoms with van der Waals surface area (Å²) in [4.78, 5) is 4.22. The Morgan fingerprint density at radius 3 is 2.86 bits per heavy atom. The highest BCUT2D eigenvalue weighted by atomic mass is 16.5. The lowest BCUT2D eigenvalue weighted by Gasteiger charge is -2.26. The summed E-state index contributed by atoms with van der Waals surface area (Å²) in [6.45, 7) is 6.34. The highest BCUT2D eigenvalue weighted by Crippen LogP contribution is 2.11. The normalized spacial score (nSPS) is 17.4. The van der Waals surface area contributed by atoms with E-state index < -0.39 is 0 Å². The molecule has 1 N–H and O–H groups in total. The third kappa shape index (κ3) is 2.10. The van der Waals surface area contributed by atoms with Crippen LogP contribution >= 0.6 is 0 Å². The minimum atomic E-state index is 0.279. The smallest absolute Gasteiger partial charge is 0.229 e. The lowest BCUT2D eigenvalue weighted by molar-refractivity contribution is 0.00368. The number of hydrogen-bond donors (Lipinski definition) is 1. The molecular formula is C9H15N3O2. The second-order valence-electron chi connectivity index (χ2n) is 3.79. The van der Waals surface area contributed by atoms with E-state index in [1.807, 2.05) is 13.8 Å². The molecule has 1 aliphatic rings. The molecule has 2 rings (SSSR count). The monoisotopic (exact) mass is 197 g/mol. The molecule has 0 unspecified atom stereocenters. The molecule has 0 atom stereocenters. The number of nitrogens with one attached hydrogen (secondary N) is 1. The summed E-state index contributed by atoms with van der Waals surface area (Å²) in [6.07, 6.45) is 0.316. The van der Waals surface area contributed by atoms with Gasteiger partial charge in [-0.1, -0.05) is 19.0 Å². The fourth-order valence-electron chi connectivity index (χ4n) is 1.13. The molecule has 5 heteroatoms. The van der Waals surface area contributed by atoms with Gasteiger partial charge in [-0.05, 0) is 0 Å². The van der Waals surface area contributed by atoms with Crippen LogP contribution in [-0.2, 0) is 11.3 Å². The summed E-state index contributed by atoms with van der Waals surface area (Å²) in [6, 6.07) is 0. The van der Waals surface area contributed by atoms with Gasteiger partial charge in [0.2, 0.25) is 5.89 Å². The van der Waals surface area contributed by atoms with Crippen molar-refractivity contribution >= 4 is 0 Å². The number of rotatable bonds is 4. The topological polar surface area (TPSA) is 60.2 Å². The Hall–Kier alpha value is -0.940. The molecule has 5 nitrogen and oxygen atoms in total. The van der Waals surface area contributed by atoms with E-state index in [0.29, 0.717) is 24.4 Å². The van der Waals surface area contributed by atoms with Crippen molar-refractivity contribution in [2.24, 2.45) is 0 Å². The van der Waals surface area contributed by atoms with Crippen LogP contribution in [0.3, 0.4) is 0 Å². The Labute approximate surface area is 82.8 Å². The molecule has 0 aliphatic carbocycles.